The molecule has 4 N–H and O–H groups in total. The molecule has 15 heteroatoms. The largest absolute Gasteiger partial charge is 0.484 e. The molecule has 69 heavy (non-hydrogen) atoms. The lowest BCUT2D eigenvalue weighted by molar-refractivity contribution is -0.191. The summed E-state index contributed by atoms with van der Waals surface area (Å²) in [5, 5.41) is 5.44. The Balaban J connectivity index is 1.19. The molecule has 15 nitrogen and oxygen atoms in total. The quantitative estimate of drug-likeness (QED) is 0.0389. The number of nitrogens with one attached hydrogen (secondary N) is 2. The first kappa shape index (κ1) is 50.9. The molecule has 4 amide bonds. The number of amides is 4. The Labute approximate surface area is 402 Å². The van der Waals surface area contributed by atoms with Gasteiger partial charge < -0.3 is 45.0 Å². The number of hydrogen-bond acceptors (Lipinski definition) is 11. The zero-order valence-corrected chi connectivity index (χ0v) is 39.3. The Morgan fingerprint density at radius 2 is 1.19 bits per heavy atom. The van der Waals surface area contributed by atoms with Crippen LogP contribution in [-0.2, 0) is 43.8 Å². The van der Waals surface area contributed by atoms with Crippen molar-refractivity contribution in [1.29, 1.82) is 0 Å². The number of esters is 2. The van der Waals surface area contributed by atoms with Crippen molar-refractivity contribution in [2.24, 2.45) is 17.1 Å². The van der Waals surface area contributed by atoms with E-state index in [2.05, 4.69) is 10.6 Å². The minimum Gasteiger partial charge on any atom is -0.484 e. The molecule has 6 rings (SSSR count). The molecule has 5 aromatic carbocycles. The number of primary amides is 1. The van der Waals surface area contributed by atoms with Crippen molar-refractivity contribution < 1.29 is 52.5 Å². The molecule has 5 aromatic rings. The van der Waals surface area contributed by atoms with Crippen LogP contribution in [0.5, 0.6) is 11.5 Å². The van der Waals surface area contributed by atoms with Gasteiger partial charge in [-0.25, -0.2) is 14.4 Å². The number of nitrogens with two attached hydrogens (primary N) is 1. The summed E-state index contributed by atoms with van der Waals surface area (Å²) >= 11 is 0. The molecule has 1 saturated heterocycles. The van der Waals surface area contributed by atoms with Crippen molar-refractivity contribution in [3.05, 3.63) is 168 Å². The van der Waals surface area contributed by atoms with Crippen LogP contribution in [0.3, 0.4) is 0 Å². The summed E-state index contributed by atoms with van der Waals surface area (Å²) < 4.78 is 29.2. The standard InChI is InChI=1S/C54H60N4O11/c1-37(2)33-44(56-47(59)35-65-46-28-18-17-19-38(46)3)49(61)57-45(34-53(51(55)63)29-31-58(32-30-53)52(64)69-43-26-15-8-16-27-43)50(62)68-39(4)67-48(60)36-66-54(40-20-9-5-10-21-40,41-22-11-6-12-23-41)42-24-13-7-14-25-42/h5-28,37,39,44-45H,29-36H2,1-4H3,(H2,55,63)(H,56,59)(H,57,61)/t39?,44-,45-/m0/s1. The molecule has 1 aliphatic rings. The van der Waals surface area contributed by atoms with Gasteiger partial charge in [0, 0.05) is 20.0 Å². The van der Waals surface area contributed by atoms with Crippen LogP contribution in [0, 0.1) is 18.3 Å². The van der Waals surface area contributed by atoms with Gasteiger partial charge in [0.15, 0.2) is 6.61 Å². The number of rotatable bonds is 21. The number of ether oxygens (including phenoxy) is 5. The van der Waals surface area contributed by atoms with Crippen molar-refractivity contribution in [1.82, 2.24) is 15.5 Å². The number of carbonyl (C=O) groups is 6. The van der Waals surface area contributed by atoms with Gasteiger partial charge in [-0.2, -0.15) is 0 Å². The Kier molecular flexibility index (Phi) is 17.7. The van der Waals surface area contributed by atoms with Crippen LogP contribution in [0.4, 0.5) is 4.79 Å². The molecule has 0 saturated carbocycles. The van der Waals surface area contributed by atoms with Crippen LogP contribution in [0.1, 0.15) is 68.7 Å². The van der Waals surface area contributed by atoms with Gasteiger partial charge in [0.2, 0.25) is 18.1 Å². The maximum absolute atomic E-state index is 14.3. The fourth-order valence-corrected chi connectivity index (χ4v) is 8.40. The number of likely N-dealkylation sites (tertiary alicyclic amines) is 1. The number of piperidine rings is 1. The molecule has 1 unspecified atom stereocenters. The van der Waals surface area contributed by atoms with Gasteiger partial charge >= 0.3 is 18.0 Å². The summed E-state index contributed by atoms with van der Waals surface area (Å²) in [5.74, 6) is -3.24. The van der Waals surface area contributed by atoms with Gasteiger partial charge in [-0.05, 0) is 79.0 Å². The zero-order chi connectivity index (χ0) is 49.4. The third kappa shape index (κ3) is 13.6. The monoisotopic (exact) mass is 940 g/mol. The van der Waals surface area contributed by atoms with Gasteiger partial charge in [0.25, 0.3) is 5.91 Å². The van der Waals surface area contributed by atoms with E-state index in [9.17, 15) is 28.8 Å². The molecule has 1 heterocycles. The Bertz CT molecular complexity index is 2400. The van der Waals surface area contributed by atoms with Crippen molar-refractivity contribution in [2.45, 2.75) is 77.4 Å². The third-order valence-electron chi connectivity index (χ3n) is 12.0. The average Bonchev–Trinajstić information content (AvgIpc) is 3.34. The Morgan fingerprint density at radius 1 is 0.667 bits per heavy atom. The molecular weight excluding hydrogens is 881 g/mol. The number of para-hydroxylation sites is 2. The summed E-state index contributed by atoms with van der Waals surface area (Å²) in [6.45, 7) is 6.03. The van der Waals surface area contributed by atoms with E-state index in [4.69, 9.17) is 29.4 Å². The first-order valence-corrected chi connectivity index (χ1v) is 23.0. The third-order valence-corrected chi connectivity index (χ3v) is 12.0. The van der Waals surface area contributed by atoms with Gasteiger partial charge in [-0.15, -0.1) is 0 Å². The molecule has 0 spiro atoms. The lowest BCUT2D eigenvalue weighted by Gasteiger charge is -2.40. The van der Waals surface area contributed by atoms with E-state index in [1.807, 2.05) is 124 Å². The summed E-state index contributed by atoms with van der Waals surface area (Å²) in [7, 11) is 0. The smallest absolute Gasteiger partial charge is 0.415 e. The molecule has 0 aliphatic carbocycles. The fourth-order valence-electron chi connectivity index (χ4n) is 8.40. The zero-order valence-electron chi connectivity index (χ0n) is 39.3. The second-order valence-electron chi connectivity index (χ2n) is 17.4. The number of nitrogens with zero attached hydrogens (tertiary/aromatic N) is 1. The summed E-state index contributed by atoms with van der Waals surface area (Å²) in [6, 6.07) is 41.3. The van der Waals surface area contributed by atoms with Crippen LogP contribution >= 0.6 is 0 Å². The van der Waals surface area contributed by atoms with E-state index in [1.165, 1.54) is 11.8 Å². The molecule has 3 atom stereocenters. The number of benzene rings is 5. The van der Waals surface area contributed by atoms with Crippen molar-refractivity contribution in [3.63, 3.8) is 0 Å². The highest BCUT2D eigenvalue weighted by atomic mass is 16.7. The Morgan fingerprint density at radius 3 is 1.71 bits per heavy atom. The minimum absolute atomic E-state index is 0.0160. The lowest BCUT2D eigenvalue weighted by atomic mass is 9.73. The van der Waals surface area contributed by atoms with E-state index in [0.29, 0.717) is 11.5 Å². The Hall–Kier alpha value is -7.52. The lowest BCUT2D eigenvalue weighted by Crippen LogP contribution is -2.57. The molecule has 1 aliphatic heterocycles. The van der Waals surface area contributed by atoms with Crippen LogP contribution in [-0.4, -0.2) is 85.3 Å². The normalized spacial score (nSPS) is 14.6. The van der Waals surface area contributed by atoms with Gasteiger partial charge in [-0.3, -0.25) is 14.4 Å². The number of carbonyl (C=O) groups excluding carboxylic acids is 6. The van der Waals surface area contributed by atoms with Crippen LogP contribution in [0.15, 0.2) is 146 Å². The second-order valence-corrected chi connectivity index (χ2v) is 17.4. The fraction of sp³-hybridized carbons (Fsp3) is 0.333. The first-order chi connectivity index (χ1) is 33.2. The predicted octanol–water partition coefficient (Wildman–Crippen LogP) is 6.99. The molecule has 1 fully saturated rings. The maximum Gasteiger partial charge on any atom is 0.415 e. The van der Waals surface area contributed by atoms with E-state index in [0.717, 1.165) is 22.3 Å². The van der Waals surface area contributed by atoms with Gasteiger partial charge in [0.1, 0.15) is 35.8 Å². The minimum atomic E-state index is -1.54. The van der Waals surface area contributed by atoms with E-state index in [1.54, 1.807) is 42.5 Å². The molecule has 0 bridgehead atoms. The maximum atomic E-state index is 14.3. The summed E-state index contributed by atoms with van der Waals surface area (Å²) in [4.78, 5) is 83.4. The van der Waals surface area contributed by atoms with Crippen LogP contribution < -0.4 is 25.8 Å². The number of hydrogen-bond donors (Lipinski definition) is 3. The highest BCUT2D eigenvalue weighted by molar-refractivity contribution is 5.92. The molecule has 0 aromatic heterocycles. The SMILES string of the molecule is Cc1ccccc1OCC(=O)N[C@@H](CC(C)C)C(=O)N[C@@H](CC1(C(N)=O)CCN(C(=O)Oc2ccccc2)CC1)C(=O)OC(C)OC(=O)COC(c1ccccc1)(c1ccccc1)c1ccccc1. The van der Waals surface area contributed by atoms with E-state index >= 15 is 0 Å². The van der Waals surface area contributed by atoms with E-state index in [-0.39, 0.29) is 51.3 Å². The van der Waals surface area contributed by atoms with Crippen molar-refractivity contribution >= 4 is 35.8 Å². The van der Waals surface area contributed by atoms with Gasteiger partial charge in [0.05, 0.1) is 5.41 Å². The van der Waals surface area contributed by atoms with Crippen molar-refractivity contribution in [2.75, 3.05) is 26.3 Å². The highest BCUT2D eigenvalue weighted by Gasteiger charge is 2.46. The molecule has 362 valence electrons. The molecular formula is C54H60N4O11. The van der Waals surface area contributed by atoms with Crippen LogP contribution in [0.25, 0.3) is 0 Å². The summed E-state index contributed by atoms with van der Waals surface area (Å²) in [5.41, 5.74) is 6.49. The van der Waals surface area contributed by atoms with Crippen LogP contribution in [0.2, 0.25) is 0 Å². The number of aryl methyl sites for hydroxylation is 1. The predicted molar refractivity (Wildman–Crippen MR) is 256 cm³/mol. The second kappa shape index (κ2) is 24.0. The van der Waals surface area contributed by atoms with Crippen molar-refractivity contribution in [3.8, 4) is 11.5 Å². The topological polar surface area (TPSA) is 202 Å². The first-order valence-electron chi connectivity index (χ1n) is 23.0. The summed E-state index contributed by atoms with van der Waals surface area (Å²) in [6.07, 6.45) is -2.27. The molecule has 0 radical (unpaired) electrons. The highest BCUT2D eigenvalue weighted by Crippen LogP contribution is 2.41. The van der Waals surface area contributed by atoms with E-state index < -0.39 is 71.8 Å². The average molecular weight is 941 g/mol. The van der Waals surface area contributed by atoms with Gasteiger partial charge in [-0.1, -0.05) is 141 Å².